The standard InChI is InChI=1S/C14H24O/c1-10(2)11-5-6-13(3)8-12(15)9-14(13,4)7-11/h10-11H,5-9H2,1-4H3/t11-,13-,14+/m1/s1. The molecule has 2 aliphatic rings. The van der Waals surface area contributed by atoms with Gasteiger partial charge in [0.15, 0.2) is 0 Å². The summed E-state index contributed by atoms with van der Waals surface area (Å²) in [6.45, 7) is 9.35. The first-order chi connectivity index (χ1) is 6.86. The van der Waals surface area contributed by atoms with E-state index in [0.717, 1.165) is 24.7 Å². The molecule has 15 heavy (non-hydrogen) atoms. The van der Waals surface area contributed by atoms with Gasteiger partial charge in [-0.3, -0.25) is 4.79 Å². The van der Waals surface area contributed by atoms with Crippen LogP contribution in [0.5, 0.6) is 0 Å². The second-order valence-corrected chi connectivity index (χ2v) is 6.76. The van der Waals surface area contributed by atoms with Crippen LogP contribution in [0.3, 0.4) is 0 Å². The van der Waals surface area contributed by atoms with Crippen molar-refractivity contribution in [2.75, 3.05) is 0 Å². The topological polar surface area (TPSA) is 17.1 Å². The van der Waals surface area contributed by atoms with Crippen LogP contribution in [0.15, 0.2) is 0 Å². The fourth-order valence-corrected chi connectivity index (χ4v) is 3.82. The third kappa shape index (κ3) is 1.64. The Kier molecular flexibility index (Phi) is 2.48. The van der Waals surface area contributed by atoms with Crippen molar-refractivity contribution in [2.45, 2.75) is 59.8 Å². The van der Waals surface area contributed by atoms with Gasteiger partial charge in [0.2, 0.25) is 0 Å². The lowest BCUT2D eigenvalue weighted by atomic mass is 9.56. The Labute approximate surface area is 93.6 Å². The number of carbonyl (C=O) groups is 1. The van der Waals surface area contributed by atoms with Crippen molar-refractivity contribution in [1.82, 2.24) is 0 Å². The Morgan fingerprint density at radius 2 is 1.80 bits per heavy atom. The van der Waals surface area contributed by atoms with Gasteiger partial charge in [0.25, 0.3) is 0 Å². The minimum absolute atomic E-state index is 0.303. The van der Waals surface area contributed by atoms with E-state index in [1.807, 2.05) is 0 Å². The maximum absolute atomic E-state index is 11.7. The number of fused-ring (bicyclic) bond motifs is 1. The maximum atomic E-state index is 11.7. The molecule has 0 saturated heterocycles. The van der Waals surface area contributed by atoms with Crippen LogP contribution in [-0.2, 0) is 4.79 Å². The van der Waals surface area contributed by atoms with E-state index in [1.165, 1.54) is 19.3 Å². The zero-order valence-corrected chi connectivity index (χ0v) is 10.6. The van der Waals surface area contributed by atoms with Gasteiger partial charge in [-0.15, -0.1) is 0 Å². The van der Waals surface area contributed by atoms with Crippen molar-refractivity contribution < 1.29 is 4.79 Å². The third-order valence-corrected chi connectivity index (χ3v) is 5.35. The van der Waals surface area contributed by atoms with E-state index in [4.69, 9.17) is 0 Å². The number of rotatable bonds is 1. The van der Waals surface area contributed by atoms with Gasteiger partial charge in [-0.2, -0.15) is 0 Å². The number of hydrogen-bond acceptors (Lipinski definition) is 1. The highest BCUT2D eigenvalue weighted by molar-refractivity contribution is 5.82. The highest BCUT2D eigenvalue weighted by Gasteiger charge is 2.54. The molecule has 0 aromatic carbocycles. The number of carbonyl (C=O) groups excluding carboxylic acids is 1. The molecule has 0 unspecified atom stereocenters. The zero-order valence-electron chi connectivity index (χ0n) is 10.6. The van der Waals surface area contributed by atoms with Crippen molar-refractivity contribution in [3.05, 3.63) is 0 Å². The van der Waals surface area contributed by atoms with Crippen molar-refractivity contribution in [1.29, 1.82) is 0 Å². The Morgan fingerprint density at radius 1 is 1.20 bits per heavy atom. The van der Waals surface area contributed by atoms with Gasteiger partial charge in [-0.25, -0.2) is 0 Å². The molecule has 0 heterocycles. The number of hydrogen-bond donors (Lipinski definition) is 0. The van der Waals surface area contributed by atoms with Crippen molar-refractivity contribution >= 4 is 5.78 Å². The minimum atomic E-state index is 0.303. The predicted molar refractivity (Wildman–Crippen MR) is 62.6 cm³/mol. The summed E-state index contributed by atoms with van der Waals surface area (Å²) < 4.78 is 0. The lowest BCUT2D eigenvalue weighted by Crippen LogP contribution is -2.40. The summed E-state index contributed by atoms with van der Waals surface area (Å²) >= 11 is 0. The van der Waals surface area contributed by atoms with Crippen LogP contribution in [0, 0.1) is 22.7 Å². The van der Waals surface area contributed by atoms with Gasteiger partial charge in [0.1, 0.15) is 5.78 Å². The molecule has 86 valence electrons. The first-order valence-electron chi connectivity index (χ1n) is 6.38. The van der Waals surface area contributed by atoms with Gasteiger partial charge >= 0.3 is 0 Å². The van der Waals surface area contributed by atoms with Crippen LogP contribution >= 0.6 is 0 Å². The van der Waals surface area contributed by atoms with E-state index in [0.29, 0.717) is 16.6 Å². The van der Waals surface area contributed by atoms with E-state index >= 15 is 0 Å². The second kappa shape index (κ2) is 3.33. The average molecular weight is 208 g/mol. The summed E-state index contributed by atoms with van der Waals surface area (Å²) in [4.78, 5) is 11.7. The first kappa shape index (κ1) is 11.2. The van der Waals surface area contributed by atoms with Crippen LogP contribution in [-0.4, -0.2) is 5.78 Å². The summed E-state index contributed by atoms with van der Waals surface area (Å²) in [6.07, 6.45) is 5.54. The molecule has 0 N–H and O–H groups in total. The van der Waals surface area contributed by atoms with E-state index in [-0.39, 0.29) is 0 Å². The minimum Gasteiger partial charge on any atom is -0.300 e. The maximum Gasteiger partial charge on any atom is 0.134 e. The van der Waals surface area contributed by atoms with Gasteiger partial charge < -0.3 is 0 Å². The third-order valence-electron chi connectivity index (χ3n) is 5.35. The van der Waals surface area contributed by atoms with Gasteiger partial charge in [0, 0.05) is 12.8 Å². The molecule has 2 fully saturated rings. The summed E-state index contributed by atoms with van der Waals surface area (Å²) in [5, 5.41) is 0. The van der Waals surface area contributed by atoms with Crippen LogP contribution in [0.4, 0.5) is 0 Å². The van der Waals surface area contributed by atoms with E-state index in [9.17, 15) is 4.79 Å². The zero-order chi connectivity index (χ0) is 11.3. The predicted octanol–water partition coefficient (Wildman–Crippen LogP) is 3.82. The van der Waals surface area contributed by atoms with Crippen LogP contribution in [0.25, 0.3) is 0 Å². The molecule has 0 bridgehead atoms. The number of ketones is 1. The molecule has 1 heteroatoms. The monoisotopic (exact) mass is 208 g/mol. The molecule has 1 nitrogen and oxygen atoms in total. The summed E-state index contributed by atoms with van der Waals surface area (Å²) in [5.74, 6) is 2.13. The highest BCUT2D eigenvalue weighted by Crippen LogP contribution is 2.61. The Morgan fingerprint density at radius 3 is 2.40 bits per heavy atom. The molecule has 0 amide bonds. The largest absolute Gasteiger partial charge is 0.300 e. The van der Waals surface area contributed by atoms with Crippen molar-refractivity contribution in [2.24, 2.45) is 22.7 Å². The quantitative estimate of drug-likeness (QED) is 0.640. The molecule has 3 atom stereocenters. The van der Waals surface area contributed by atoms with Gasteiger partial charge in [-0.1, -0.05) is 27.7 Å². The highest BCUT2D eigenvalue weighted by atomic mass is 16.1. The Bertz CT molecular complexity index is 281. The molecular weight excluding hydrogens is 184 g/mol. The molecule has 0 aromatic rings. The molecule has 0 spiro atoms. The Hall–Kier alpha value is -0.330. The van der Waals surface area contributed by atoms with E-state index in [1.54, 1.807) is 0 Å². The van der Waals surface area contributed by atoms with E-state index in [2.05, 4.69) is 27.7 Å². The first-order valence-corrected chi connectivity index (χ1v) is 6.38. The molecule has 2 rings (SSSR count). The lowest BCUT2D eigenvalue weighted by molar-refractivity contribution is -0.118. The van der Waals surface area contributed by atoms with Gasteiger partial charge in [-0.05, 0) is 41.9 Å². The van der Waals surface area contributed by atoms with Gasteiger partial charge in [0.05, 0.1) is 0 Å². The molecule has 2 aliphatic carbocycles. The number of Topliss-reactive ketones (excluding diaryl/α,β-unsaturated/α-hetero) is 1. The molecule has 2 saturated carbocycles. The fourth-order valence-electron chi connectivity index (χ4n) is 3.82. The summed E-state index contributed by atoms with van der Waals surface area (Å²) in [5.41, 5.74) is 0.618. The Balaban J connectivity index is 2.21. The lowest BCUT2D eigenvalue weighted by Gasteiger charge is -2.48. The molecule has 0 aliphatic heterocycles. The SMILES string of the molecule is CC(C)[C@@H]1CC[C@]2(C)CC(=O)C[C@]2(C)C1. The summed E-state index contributed by atoms with van der Waals surface area (Å²) in [7, 11) is 0. The molecular formula is C14H24O. The molecule has 0 radical (unpaired) electrons. The molecule has 0 aromatic heterocycles. The normalized spacial score (nSPS) is 45.9. The van der Waals surface area contributed by atoms with E-state index < -0.39 is 0 Å². The second-order valence-electron chi connectivity index (χ2n) is 6.76. The van der Waals surface area contributed by atoms with Crippen molar-refractivity contribution in [3.8, 4) is 0 Å². The fraction of sp³-hybridized carbons (Fsp3) is 0.929. The van der Waals surface area contributed by atoms with Crippen LogP contribution in [0.2, 0.25) is 0 Å². The summed E-state index contributed by atoms with van der Waals surface area (Å²) in [6, 6.07) is 0. The average Bonchev–Trinajstić information content (AvgIpc) is 2.32. The van der Waals surface area contributed by atoms with Crippen LogP contribution in [0.1, 0.15) is 59.8 Å². The van der Waals surface area contributed by atoms with Crippen LogP contribution < -0.4 is 0 Å². The smallest absolute Gasteiger partial charge is 0.134 e. The van der Waals surface area contributed by atoms with Crippen molar-refractivity contribution in [3.63, 3.8) is 0 Å².